The molecule has 0 fully saturated rings. The SMILES string of the molecule is COc1ccc(C(=O)Cc2ncnn2CC(C)C)c(N)c1. The van der Waals surface area contributed by atoms with Gasteiger partial charge in [-0.1, -0.05) is 13.8 Å². The number of rotatable bonds is 6. The molecule has 0 bridgehead atoms. The number of Topliss-reactive ketones (excluding diaryl/α,β-unsaturated/α-hetero) is 1. The molecule has 112 valence electrons. The number of nitrogens with zero attached hydrogens (tertiary/aromatic N) is 3. The van der Waals surface area contributed by atoms with Gasteiger partial charge in [-0.25, -0.2) is 9.67 Å². The summed E-state index contributed by atoms with van der Waals surface area (Å²) in [4.78, 5) is 16.5. The lowest BCUT2D eigenvalue weighted by atomic mass is 10.1. The van der Waals surface area contributed by atoms with Crippen LogP contribution in [0.3, 0.4) is 0 Å². The van der Waals surface area contributed by atoms with E-state index in [1.54, 1.807) is 30.0 Å². The van der Waals surface area contributed by atoms with E-state index in [1.807, 2.05) is 0 Å². The van der Waals surface area contributed by atoms with Crippen LogP contribution in [0.1, 0.15) is 30.0 Å². The molecular formula is C15H20N4O2. The number of benzene rings is 1. The number of nitrogens with two attached hydrogens (primary N) is 1. The Morgan fingerprint density at radius 1 is 1.43 bits per heavy atom. The molecule has 1 aromatic carbocycles. The minimum atomic E-state index is -0.0758. The molecule has 0 spiro atoms. The van der Waals surface area contributed by atoms with Crippen LogP contribution in [0.15, 0.2) is 24.5 Å². The standard InChI is InChI=1S/C15H20N4O2/c1-10(2)8-19-15(17-9-18-19)7-14(20)12-5-4-11(21-3)6-13(12)16/h4-6,9-10H,7-8,16H2,1-3H3. The zero-order valence-electron chi connectivity index (χ0n) is 12.5. The first-order chi connectivity index (χ1) is 10.0. The lowest BCUT2D eigenvalue weighted by molar-refractivity contribution is 0.0990. The molecule has 0 saturated carbocycles. The molecule has 2 N–H and O–H groups in total. The van der Waals surface area contributed by atoms with Crippen molar-refractivity contribution < 1.29 is 9.53 Å². The lowest BCUT2D eigenvalue weighted by Gasteiger charge is -2.09. The van der Waals surface area contributed by atoms with Gasteiger partial charge in [0.05, 0.1) is 13.5 Å². The van der Waals surface area contributed by atoms with Crippen LogP contribution >= 0.6 is 0 Å². The fourth-order valence-electron chi connectivity index (χ4n) is 2.08. The van der Waals surface area contributed by atoms with Gasteiger partial charge >= 0.3 is 0 Å². The smallest absolute Gasteiger partial charge is 0.172 e. The van der Waals surface area contributed by atoms with Gasteiger partial charge in [-0.3, -0.25) is 4.79 Å². The second-order valence-corrected chi connectivity index (χ2v) is 5.31. The number of nitrogen functional groups attached to an aromatic ring is 1. The average molecular weight is 288 g/mol. The summed E-state index contributed by atoms with van der Waals surface area (Å²) in [6.45, 7) is 4.92. The van der Waals surface area contributed by atoms with Crippen LogP contribution in [-0.2, 0) is 13.0 Å². The molecule has 0 aliphatic carbocycles. The zero-order chi connectivity index (χ0) is 15.4. The van der Waals surface area contributed by atoms with E-state index in [1.165, 1.54) is 6.33 Å². The Morgan fingerprint density at radius 2 is 2.19 bits per heavy atom. The molecule has 21 heavy (non-hydrogen) atoms. The number of anilines is 1. The molecule has 1 aromatic heterocycles. The fourth-order valence-corrected chi connectivity index (χ4v) is 2.08. The minimum absolute atomic E-state index is 0.0758. The van der Waals surface area contributed by atoms with Crippen molar-refractivity contribution in [2.45, 2.75) is 26.8 Å². The molecule has 2 rings (SSSR count). The van der Waals surface area contributed by atoms with Gasteiger partial charge in [-0.2, -0.15) is 5.10 Å². The Labute approximate surface area is 123 Å². The molecule has 0 radical (unpaired) electrons. The molecule has 0 aliphatic heterocycles. The van der Waals surface area contributed by atoms with E-state index in [9.17, 15) is 4.79 Å². The van der Waals surface area contributed by atoms with Gasteiger partial charge < -0.3 is 10.5 Å². The molecule has 0 unspecified atom stereocenters. The normalized spacial score (nSPS) is 10.9. The highest BCUT2D eigenvalue weighted by Crippen LogP contribution is 2.21. The van der Waals surface area contributed by atoms with Crippen molar-refractivity contribution in [2.24, 2.45) is 5.92 Å². The van der Waals surface area contributed by atoms with E-state index in [0.29, 0.717) is 28.7 Å². The number of hydrogen-bond acceptors (Lipinski definition) is 5. The number of aromatic nitrogens is 3. The average Bonchev–Trinajstić information content (AvgIpc) is 2.84. The Morgan fingerprint density at radius 3 is 2.81 bits per heavy atom. The summed E-state index contributed by atoms with van der Waals surface area (Å²) in [5.41, 5.74) is 6.79. The number of carbonyl (C=O) groups excluding carboxylic acids is 1. The summed E-state index contributed by atoms with van der Waals surface area (Å²) < 4.78 is 6.85. The van der Waals surface area contributed by atoms with Crippen LogP contribution in [0.2, 0.25) is 0 Å². The first-order valence-electron chi connectivity index (χ1n) is 6.84. The van der Waals surface area contributed by atoms with E-state index < -0.39 is 0 Å². The molecular weight excluding hydrogens is 268 g/mol. The van der Waals surface area contributed by atoms with Crippen LogP contribution in [0.25, 0.3) is 0 Å². The molecule has 0 amide bonds. The fraction of sp³-hybridized carbons (Fsp3) is 0.400. The topological polar surface area (TPSA) is 83.0 Å². The first-order valence-corrected chi connectivity index (χ1v) is 6.84. The van der Waals surface area contributed by atoms with E-state index >= 15 is 0 Å². The molecule has 6 nitrogen and oxygen atoms in total. The summed E-state index contributed by atoms with van der Waals surface area (Å²) in [6.07, 6.45) is 1.66. The maximum atomic E-state index is 12.4. The second kappa shape index (κ2) is 6.39. The quantitative estimate of drug-likeness (QED) is 0.649. The van der Waals surface area contributed by atoms with E-state index in [4.69, 9.17) is 10.5 Å². The monoisotopic (exact) mass is 288 g/mol. The largest absolute Gasteiger partial charge is 0.497 e. The molecule has 2 aromatic rings. The van der Waals surface area contributed by atoms with Crippen molar-refractivity contribution in [2.75, 3.05) is 12.8 Å². The number of carbonyl (C=O) groups is 1. The molecule has 1 heterocycles. The van der Waals surface area contributed by atoms with E-state index in [0.717, 1.165) is 6.54 Å². The van der Waals surface area contributed by atoms with Gasteiger partial charge in [0.1, 0.15) is 17.9 Å². The summed E-state index contributed by atoms with van der Waals surface area (Å²) >= 11 is 0. The van der Waals surface area contributed by atoms with Gasteiger partial charge in [0.15, 0.2) is 5.78 Å². The zero-order valence-corrected chi connectivity index (χ0v) is 12.5. The molecule has 0 aliphatic rings. The van der Waals surface area contributed by atoms with Crippen LogP contribution in [0, 0.1) is 5.92 Å². The van der Waals surface area contributed by atoms with Gasteiger partial charge in [-0.05, 0) is 18.1 Å². The summed E-state index contributed by atoms with van der Waals surface area (Å²) in [5.74, 6) is 1.65. The van der Waals surface area contributed by atoms with E-state index in [-0.39, 0.29) is 12.2 Å². The Kier molecular flexibility index (Phi) is 4.57. The van der Waals surface area contributed by atoms with Gasteiger partial charge in [-0.15, -0.1) is 0 Å². The summed E-state index contributed by atoms with van der Waals surface area (Å²) in [7, 11) is 1.56. The van der Waals surface area contributed by atoms with E-state index in [2.05, 4.69) is 23.9 Å². The second-order valence-electron chi connectivity index (χ2n) is 5.31. The highest BCUT2D eigenvalue weighted by Gasteiger charge is 2.15. The third kappa shape index (κ3) is 3.59. The van der Waals surface area contributed by atoms with Crippen molar-refractivity contribution in [3.63, 3.8) is 0 Å². The van der Waals surface area contributed by atoms with Gasteiger partial charge in [0.25, 0.3) is 0 Å². The van der Waals surface area contributed by atoms with Crippen molar-refractivity contribution in [3.8, 4) is 5.75 Å². The first kappa shape index (κ1) is 15.0. The minimum Gasteiger partial charge on any atom is -0.497 e. The summed E-state index contributed by atoms with van der Waals surface area (Å²) in [5, 5.41) is 4.15. The Hall–Kier alpha value is -2.37. The highest BCUT2D eigenvalue weighted by molar-refractivity contribution is 6.01. The van der Waals surface area contributed by atoms with Crippen molar-refractivity contribution >= 4 is 11.5 Å². The van der Waals surface area contributed by atoms with Crippen molar-refractivity contribution in [1.82, 2.24) is 14.8 Å². The van der Waals surface area contributed by atoms with Crippen molar-refractivity contribution in [3.05, 3.63) is 35.9 Å². The van der Waals surface area contributed by atoms with Gasteiger partial charge in [0.2, 0.25) is 0 Å². The number of ether oxygens (including phenoxy) is 1. The third-order valence-corrected chi connectivity index (χ3v) is 3.11. The van der Waals surface area contributed by atoms with Gasteiger partial charge in [0, 0.05) is 23.9 Å². The number of methoxy groups -OCH3 is 1. The molecule has 0 atom stereocenters. The molecule has 6 heteroatoms. The Balaban J connectivity index is 2.17. The predicted molar refractivity (Wildman–Crippen MR) is 80.3 cm³/mol. The maximum Gasteiger partial charge on any atom is 0.172 e. The van der Waals surface area contributed by atoms with Crippen LogP contribution in [0.5, 0.6) is 5.75 Å². The van der Waals surface area contributed by atoms with Crippen LogP contribution in [0.4, 0.5) is 5.69 Å². The van der Waals surface area contributed by atoms with Crippen LogP contribution in [-0.4, -0.2) is 27.7 Å². The highest BCUT2D eigenvalue weighted by atomic mass is 16.5. The van der Waals surface area contributed by atoms with Crippen molar-refractivity contribution in [1.29, 1.82) is 0 Å². The Bertz CT molecular complexity index is 634. The number of ketones is 1. The lowest BCUT2D eigenvalue weighted by Crippen LogP contribution is -2.15. The third-order valence-electron chi connectivity index (χ3n) is 3.11. The molecule has 0 saturated heterocycles. The number of hydrogen-bond donors (Lipinski definition) is 1. The maximum absolute atomic E-state index is 12.4. The summed E-state index contributed by atoms with van der Waals surface area (Å²) in [6, 6.07) is 5.05. The van der Waals surface area contributed by atoms with Crippen LogP contribution < -0.4 is 10.5 Å². The predicted octanol–water partition coefficient (Wildman–Crippen LogP) is 1.95.